The van der Waals surface area contributed by atoms with Gasteiger partial charge in [-0.15, -0.1) is 0 Å². The lowest BCUT2D eigenvalue weighted by Crippen LogP contribution is -2.15. The fraction of sp³-hybridized carbons (Fsp3) is 0.188. The summed E-state index contributed by atoms with van der Waals surface area (Å²) >= 11 is 0. The molecule has 0 radical (unpaired) electrons. The Kier molecular flexibility index (Phi) is 3.52. The Hall–Kier alpha value is -2.87. The SMILES string of the molecule is N#CCc1ccc(Nc2cc3c(cc2N)OCCO3)cc1. The van der Waals surface area contributed by atoms with Gasteiger partial charge in [-0.25, -0.2) is 0 Å². The number of hydrogen-bond donors (Lipinski definition) is 2. The van der Waals surface area contributed by atoms with E-state index in [1.165, 1.54) is 0 Å². The normalized spacial score (nSPS) is 12.5. The lowest BCUT2D eigenvalue weighted by molar-refractivity contribution is 0.172. The van der Waals surface area contributed by atoms with Crippen molar-refractivity contribution in [1.29, 1.82) is 5.26 Å². The zero-order valence-electron chi connectivity index (χ0n) is 11.4. The maximum absolute atomic E-state index is 8.67. The van der Waals surface area contributed by atoms with Crippen LogP contribution in [0.4, 0.5) is 17.1 Å². The zero-order chi connectivity index (χ0) is 14.7. The van der Waals surface area contributed by atoms with E-state index in [-0.39, 0.29) is 0 Å². The topological polar surface area (TPSA) is 80.3 Å². The lowest BCUT2D eigenvalue weighted by Gasteiger charge is -2.20. The average Bonchev–Trinajstić information content (AvgIpc) is 2.50. The lowest BCUT2D eigenvalue weighted by atomic mass is 10.1. The Balaban J connectivity index is 1.82. The first-order valence-electron chi connectivity index (χ1n) is 6.68. The molecule has 0 amide bonds. The zero-order valence-corrected chi connectivity index (χ0v) is 11.4. The van der Waals surface area contributed by atoms with Crippen molar-refractivity contribution in [2.45, 2.75) is 6.42 Å². The quantitative estimate of drug-likeness (QED) is 0.846. The highest BCUT2D eigenvalue weighted by Gasteiger charge is 2.14. The first-order valence-corrected chi connectivity index (χ1v) is 6.68. The molecule has 3 rings (SSSR count). The van der Waals surface area contributed by atoms with Gasteiger partial charge in [0.2, 0.25) is 0 Å². The monoisotopic (exact) mass is 281 g/mol. The van der Waals surface area contributed by atoms with Crippen LogP contribution >= 0.6 is 0 Å². The summed E-state index contributed by atoms with van der Waals surface area (Å²) in [6, 6.07) is 13.4. The summed E-state index contributed by atoms with van der Waals surface area (Å²) in [7, 11) is 0. The van der Waals surface area contributed by atoms with Crippen LogP contribution in [0.1, 0.15) is 5.56 Å². The third-order valence-electron chi connectivity index (χ3n) is 3.23. The molecule has 106 valence electrons. The molecule has 3 N–H and O–H groups in total. The number of benzene rings is 2. The summed E-state index contributed by atoms with van der Waals surface area (Å²) in [6.45, 7) is 1.08. The van der Waals surface area contributed by atoms with Crippen molar-refractivity contribution in [1.82, 2.24) is 0 Å². The van der Waals surface area contributed by atoms with Gasteiger partial charge >= 0.3 is 0 Å². The van der Waals surface area contributed by atoms with Crippen molar-refractivity contribution >= 4 is 17.1 Å². The molecule has 0 saturated heterocycles. The second-order valence-corrected chi connectivity index (χ2v) is 4.74. The second kappa shape index (κ2) is 5.63. The molecule has 0 aliphatic carbocycles. The minimum absolute atomic E-state index is 0.409. The largest absolute Gasteiger partial charge is 0.486 e. The minimum atomic E-state index is 0.409. The Bertz CT molecular complexity index is 690. The van der Waals surface area contributed by atoms with Crippen LogP contribution in [0.2, 0.25) is 0 Å². The summed E-state index contributed by atoms with van der Waals surface area (Å²) in [5, 5.41) is 11.9. The molecule has 1 aliphatic rings. The molecule has 0 aromatic heterocycles. The molecule has 0 unspecified atom stereocenters. The number of nitrogen functional groups attached to an aromatic ring is 1. The van der Waals surface area contributed by atoms with Gasteiger partial charge in [0.05, 0.1) is 23.9 Å². The summed E-state index contributed by atoms with van der Waals surface area (Å²) in [5.41, 5.74) is 9.28. The number of nitrogens with one attached hydrogen (secondary N) is 1. The van der Waals surface area contributed by atoms with Crippen molar-refractivity contribution in [3.63, 3.8) is 0 Å². The van der Waals surface area contributed by atoms with Gasteiger partial charge in [-0.2, -0.15) is 5.26 Å². The second-order valence-electron chi connectivity index (χ2n) is 4.74. The third kappa shape index (κ3) is 2.84. The van der Waals surface area contributed by atoms with E-state index in [9.17, 15) is 0 Å². The van der Waals surface area contributed by atoms with Crippen LogP contribution in [-0.2, 0) is 6.42 Å². The highest BCUT2D eigenvalue weighted by atomic mass is 16.6. The average molecular weight is 281 g/mol. The van der Waals surface area contributed by atoms with Gasteiger partial charge in [0.15, 0.2) is 11.5 Å². The number of nitrogens with two attached hydrogens (primary N) is 1. The maximum atomic E-state index is 8.67. The maximum Gasteiger partial charge on any atom is 0.163 e. The number of ether oxygens (including phenoxy) is 2. The van der Waals surface area contributed by atoms with E-state index in [1.807, 2.05) is 30.3 Å². The van der Waals surface area contributed by atoms with Crippen LogP contribution in [0.15, 0.2) is 36.4 Å². The molecule has 1 heterocycles. The summed E-state index contributed by atoms with van der Waals surface area (Å²) in [6.07, 6.45) is 0.409. The molecule has 0 spiro atoms. The highest BCUT2D eigenvalue weighted by Crippen LogP contribution is 2.38. The Morgan fingerprint density at radius 2 is 1.76 bits per heavy atom. The van der Waals surface area contributed by atoms with Crippen LogP contribution in [0.3, 0.4) is 0 Å². The molecule has 2 aromatic carbocycles. The number of fused-ring (bicyclic) bond motifs is 1. The van der Waals surface area contributed by atoms with E-state index in [0.717, 1.165) is 16.9 Å². The van der Waals surface area contributed by atoms with Gasteiger partial charge in [0.25, 0.3) is 0 Å². The van der Waals surface area contributed by atoms with Gasteiger partial charge in [-0.1, -0.05) is 12.1 Å². The van der Waals surface area contributed by atoms with E-state index < -0.39 is 0 Å². The van der Waals surface area contributed by atoms with Gasteiger partial charge < -0.3 is 20.5 Å². The summed E-state index contributed by atoms with van der Waals surface area (Å²) in [4.78, 5) is 0. The third-order valence-corrected chi connectivity index (χ3v) is 3.23. The highest BCUT2D eigenvalue weighted by molar-refractivity contribution is 5.76. The molecule has 21 heavy (non-hydrogen) atoms. The van der Waals surface area contributed by atoms with E-state index in [1.54, 1.807) is 6.07 Å². The van der Waals surface area contributed by atoms with E-state index in [0.29, 0.717) is 36.8 Å². The van der Waals surface area contributed by atoms with Gasteiger partial charge in [0.1, 0.15) is 13.2 Å². The predicted molar refractivity (Wildman–Crippen MR) is 80.9 cm³/mol. The van der Waals surface area contributed by atoms with Crippen LogP contribution in [0.5, 0.6) is 11.5 Å². The fourth-order valence-electron chi connectivity index (χ4n) is 2.17. The fourth-order valence-corrected chi connectivity index (χ4v) is 2.17. The smallest absolute Gasteiger partial charge is 0.163 e. The molecule has 1 aliphatic heterocycles. The van der Waals surface area contributed by atoms with Crippen molar-refractivity contribution < 1.29 is 9.47 Å². The molecular formula is C16H15N3O2. The van der Waals surface area contributed by atoms with Gasteiger partial charge in [-0.3, -0.25) is 0 Å². The first kappa shape index (κ1) is 13.1. The van der Waals surface area contributed by atoms with Gasteiger partial charge in [-0.05, 0) is 17.7 Å². The van der Waals surface area contributed by atoms with Crippen molar-refractivity contribution in [3.8, 4) is 17.6 Å². The molecule has 0 saturated carbocycles. The van der Waals surface area contributed by atoms with Crippen molar-refractivity contribution in [3.05, 3.63) is 42.0 Å². The van der Waals surface area contributed by atoms with Gasteiger partial charge in [0, 0.05) is 17.8 Å². The number of hydrogen-bond acceptors (Lipinski definition) is 5. The standard InChI is InChI=1S/C16H15N3O2/c17-6-5-11-1-3-12(4-2-11)19-14-10-16-15(9-13(14)18)20-7-8-21-16/h1-4,9-10,19H,5,7-8,18H2. The molecular weight excluding hydrogens is 266 g/mol. The summed E-state index contributed by atoms with van der Waals surface area (Å²) in [5.74, 6) is 1.37. The van der Waals surface area contributed by atoms with Crippen LogP contribution in [0.25, 0.3) is 0 Å². The molecule has 0 fully saturated rings. The number of anilines is 3. The van der Waals surface area contributed by atoms with Crippen LogP contribution < -0.4 is 20.5 Å². The summed E-state index contributed by atoms with van der Waals surface area (Å²) < 4.78 is 11.0. The first-order chi connectivity index (χ1) is 10.3. The van der Waals surface area contributed by atoms with Crippen molar-refractivity contribution in [2.24, 2.45) is 0 Å². The molecule has 5 heteroatoms. The Labute approximate surface area is 122 Å². The predicted octanol–water partition coefficient (Wildman–Crippen LogP) is 2.85. The number of nitriles is 1. The van der Waals surface area contributed by atoms with E-state index in [4.69, 9.17) is 20.5 Å². The molecule has 0 atom stereocenters. The molecule has 5 nitrogen and oxygen atoms in total. The van der Waals surface area contributed by atoms with Crippen LogP contribution in [-0.4, -0.2) is 13.2 Å². The number of nitrogens with zero attached hydrogens (tertiary/aromatic N) is 1. The Morgan fingerprint density at radius 3 is 2.43 bits per heavy atom. The van der Waals surface area contributed by atoms with Crippen LogP contribution in [0, 0.1) is 11.3 Å². The molecule has 2 aromatic rings. The Morgan fingerprint density at radius 1 is 1.10 bits per heavy atom. The van der Waals surface area contributed by atoms with Crippen molar-refractivity contribution in [2.75, 3.05) is 24.3 Å². The minimum Gasteiger partial charge on any atom is -0.486 e. The molecule has 0 bridgehead atoms. The van der Waals surface area contributed by atoms with E-state index in [2.05, 4.69) is 11.4 Å². The number of rotatable bonds is 3. The van der Waals surface area contributed by atoms with E-state index >= 15 is 0 Å².